The van der Waals surface area contributed by atoms with E-state index in [9.17, 15) is 9.90 Å². The summed E-state index contributed by atoms with van der Waals surface area (Å²) < 4.78 is 0. The highest BCUT2D eigenvalue weighted by molar-refractivity contribution is 5.97. The average Bonchev–Trinajstić information content (AvgIpc) is 2.43. The fourth-order valence-corrected chi connectivity index (χ4v) is 2.54. The van der Waals surface area contributed by atoms with Crippen molar-refractivity contribution in [3.05, 3.63) is 11.8 Å². The summed E-state index contributed by atoms with van der Waals surface area (Å²) in [5.74, 6) is 0.626. The fourth-order valence-electron chi connectivity index (χ4n) is 2.54. The first kappa shape index (κ1) is 15.5. The number of carbonyl (C=O) groups excluding carboxylic acids is 1. The van der Waals surface area contributed by atoms with Crippen LogP contribution in [0.15, 0.2) is 6.20 Å². The smallest absolute Gasteiger partial charge is 0.254 e. The molecular formula is C14H23N5O2. The van der Waals surface area contributed by atoms with Gasteiger partial charge in [-0.3, -0.25) is 4.79 Å². The Labute approximate surface area is 124 Å². The number of amides is 1. The summed E-state index contributed by atoms with van der Waals surface area (Å²) in [5, 5.41) is 16.2. The second-order valence-corrected chi connectivity index (χ2v) is 5.55. The number of primary amides is 1. The highest BCUT2D eigenvalue weighted by Crippen LogP contribution is 2.27. The zero-order valence-corrected chi connectivity index (χ0v) is 12.5. The van der Waals surface area contributed by atoms with Crippen molar-refractivity contribution in [1.82, 2.24) is 9.97 Å². The number of nitrogens with one attached hydrogen (secondary N) is 2. The van der Waals surface area contributed by atoms with Gasteiger partial charge >= 0.3 is 0 Å². The molecule has 0 saturated heterocycles. The molecular weight excluding hydrogens is 270 g/mol. The molecule has 1 aromatic rings. The zero-order valence-electron chi connectivity index (χ0n) is 12.5. The van der Waals surface area contributed by atoms with Crippen molar-refractivity contribution in [2.24, 2.45) is 11.7 Å². The van der Waals surface area contributed by atoms with E-state index in [2.05, 4.69) is 20.6 Å². The van der Waals surface area contributed by atoms with Gasteiger partial charge < -0.3 is 21.5 Å². The molecule has 1 fully saturated rings. The van der Waals surface area contributed by atoms with Crippen LogP contribution in [-0.2, 0) is 0 Å². The summed E-state index contributed by atoms with van der Waals surface area (Å²) in [6.07, 6.45) is 3.60. The number of anilines is 2. The molecule has 1 saturated carbocycles. The maximum Gasteiger partial charge on any atom is 0.254 e. The maximum absolute atomic E-state index is 11.5. The van der Waals surface area contributed by atoms with E-state index in [1.54, 1.807) is 0 Å². The molecule has 0 unspecified atom stereocenters. The summed E-state index contributed by atoms with van der Waals surface area (Å²) in [5.41, 5.74) is 5.63. The van der Waals surface area contributed by atoms with E-state index in [0.29, 0.717) is 30.6 Å². The van der Waals surface area contributed by atoms with Gasteiger partial charge in [0, 0.05) is 18.8 Å². The van der Waals surface area contributed by atoms with E-state index >= 15 is 0 Å². The van der Waals surface area contributed by atoms with Crippen LogP contribution in [0.1, 0.15) is 43.5 Å². The highest BCUT2D eigenvalue weighted by atomic mass is 16.3. The minimum atomic E-state index is -0.565. The summed E-state index contributed by atoms with van der Waals surface area (Å²) in [6, 6.07) is 0.0821. The molecule has 0 aromatic carbocycles. The van der Waals surface area contributed by atoms with Crippen LogP contribution in [-0.4, -0.2) is 39.7 Å². The summed E-state index contributed by atoms with van der Waals surface area (Å²) in [4.78, 5) is 19.8. The molecule has 21 heavy (non-hydrogen) atoms. The third-order valence-electron chi connectivity index (χ3n) is 3.88. The van der Waals surface area contributed by atoms with Crippen molar-refractivity contribution in [3.63, 3.8) is 0 Å². The molecule has 0 spiro atoms. The standard InChI is InChI=1S/C14H23N5O2/c1-3-16-14-17-7-10(12(15)21)13(19-14)18-9-5-4-8(2)11(20)6-9/h7-9,11,20H,3-6H2,1-2H3,(H2,15,21)(H2,16,17,18,19)/t8-,9-,11-/m1/s1. The summed E-state index contributed by atoms with van der Waals surface area (Å²) in [6.45, 7) is 4.68. The molecule has 2 rings (SSSR count). The Hall–Kier alpha value is -1.89. The zero-order chi connectivity index (χ0) is 15.4. The van der Waals surface area contributed by atoms with Gasteiger partial charge in [0.05, 0.1) is 11.7 Å². The van der Waals surface area contributed by atoms with Crippen molar-refractivity contribution < 1.29 is 9.90 Å². The number of carbonyl (C=O) groups is 1. The van der Waals surface area contributed by atoms with Crippen molar-refractivity contribution in [2.75, 3.05) is 17.2 Å². The lowest BCUT2D eigenvalue weighted by molar-refractivity contribution is 0.0739. The minimum absolute atomic E-state index is 0.0821. The SMILES string of the molecule is CCNc1ncc(C(N)=O)c(N[C@@H]2CC[C@@H](C)[C@H](O)C2)n1. The number of aromatic nitrogens is 2. The molecule has 7 heteroatoms. The van der Waals surface area contributed by atoms with Crippen LogP contribution in [0.4, 0.5) is 11.8 Å². The number of aliphatic hydroxyl groups is 1. The fraction of sp³-hybridized carbons (Fsp3) is 0.643. The topological polar surface area (TPSA) is 113 Å². The first-order valence-corrected chi connectivity index (χ1v) is 7.36. The second kappa shape index (κ2) is 6.71. The summed E-state index contributed by atoms with van der Waals surface area (Å²) in [7, 11) is 0. The van der Waals surface area contributed by atoms with E-state index in [0.717, 1.165) is 12.8 Å². The normalized spacial score (nSPS) is 25.4. The number of hydrogen-bond donors (Lipinski definition) is 4. The largest absolute Gasteiger partial charge is 0.393 e. The monoisotopic (exact) mass is 293 g/mol. The molecule has 3 atom stereocenters. The van der Waals surface area contributed by atoms with Gasteiger partial charge in [-0.05, 0) is 32.1 Å². The maximum atomic E-state index is 11.5. The van der Waals surface area contributed by atoms with Crippen LogP contribution in [0.2, 0.25) is 0 Å². The van der Waals surface area contributed by atoms with E-state index in [1.807, 2.05) is 13.8 Å². The van der Waals surface area contributed by atoms with E-state index in [4.69, 9.17) is 5.73 Å². The lowest BCUT2D eigenvalue weighted by Crippen LogP contribution is -2.35. The van der Waals surface area contributed by atoms with Gasteiger partial charge in [-0.15, -0.1) is 0 Å². The van der Waals surface area contributed by atoms with Crippen molar-refractivity contribution >= 4 is 17.7 Å². The molecule has 1 aliphatic rings. The quantitative estimate of drug-likeness (QED) is 0.643. The van der Waals surface area contributed by atoms with Crippen LogP contribution >= 0.6 is 0 Å². The lowest BCUT2D eigenvalue weighted by Gasteiger charge is -2.32. The predicted octanol–water partition coefficient (Wildman–Crippen LogP) is 0.969. The first-order valence-electron chi connectivity index (χ1n) is 7.36. The molecule has 0 bridgehead atoms. The van der Waals surface area contributed by atoms with Crippen LogP contribution in [0.5, 0.6) is 0 Å². The predicted molar refractivity (Wildman–Crippen MR) is 81.1 cm³/mol. The third-order valence-corrected chi connectivity index (χ3v) is 3.88. The Balaban J connectivity index is 2.16. The Bertz CT molecular complexity index is 508. The van der Waals surface area contributed by atoms with Crippen molar-refractivity contribution in [2.45, 2.75) is 45.3 Å². The number of rotatable bonds is 5. The van der Waals surface area contributed by atoms with Crippen LogP contribution in [0, 0.1) is 5.92 Å². The van der Waals surface area contributed by atoms with Crippen LogP contribution < -0.4 is 16.4 Å². The highest BCUT2D eigenvalue weighted by Gasteiger charge is 2.27. The third kappa shape index (κ3) is 3.81. The average molecular weight is 293 g/mol. The molecule has 116 valence electrons. The van der Waals surface area contributed by atoms with Gasteiger partial charge in [0.1, 0.15) is 5.82 Å². The number of aliphatic hydroxyl groups excluding tert-OH is 1. The number of hydrogen-bond acceptors (Lipinski definition) is 6. The van der Waals surface area contributed by atoms with Crippen molar-refractivity contribution in [1.29, 1.82) is 0 Å². The Kier molecular flexibility index (Phi) is 4.95. The van der Waals surface area contributed by atoms with E-state index in [-0.39, 0.29) is 17.7 Å². The molecule has 1 aromatic heterocycles. The molecule has 1 aliphatic carbocycles. The molecule has 1 heterocycles. The van der Waals surface area contributed by atoms with Crippen LogP contribution in [0.25, 0.3) is 0 Å². The molecule has 0 radical (unpaired) electrons. The summed E-state index contributed by atoms with van der Waals surface area (Å²) >= 11 is 0. The number of nitrogens with two attached hydrogens (primary N) is 1. The Morgan fingerprint density at radius 1 is 1.52 bits per heavy atom. The Morgan fingerprint density at radius 2 is 2.29 bits per heavy atom. The van der Waals surface area contributed by atoms with E-state index < -0.39 is 5.91 Å². The molecule has 0 aliphatic heterocycles. The Morgan fingerprint density at radius 3 is 2.90 bits per heavy atom. The minimum Gasteiger partial charge on any atom is -0.393 e. The second-order valence-electron chi connectivity index (χ2n) is 5.55. The first-order chi connectivity index (χ1) is 10.0. The van der Waals surface area contributed by atoms with Gasteiger partial charge in [0.25, 0.3) is 5.91 Å². The molecule has 7 nitrogen and oxygen atoms in total. The van der Waals surface area contributed by atoms with Crippen LogP contribution in [0.3, 0.4) is 0 Å². The molecule has 1 amide bonds. The van der Waals surface area contributed by atoms with Crippen molar-refractivity contribution in [3.8, 4) is 0 Å². The van der Waals surface area contributed by atoms with Gasteiger partial charge in [-0.25, -0.2) is 4.98 Å². The van der Waals surface area contributed by atoms with Gasteiger partial charge in [0.15, 0.2) is 0 Å². The van der Waals surface area contributed by atoms with Gasteiger partial charge in [-0.1, -0.05) is 6.92 Å². The van der Waals surface area contributed by atoms with E-state index in [1.165, 1.54) is 6.20 Å². The number of nitrogens with zero attached hydrogens (tertiary/aromatic N) is 2. The van der Waals surface area contributed by atoms with Gasteiger partial charge in [-0.2, -0.15) is 4.98 Å². The lowest BCUT2D eigenvalue weighted by atomic mass is 9.85. The van der Waals surface area contributed by atoms with Gasteiger partial charge in [0.2, 0.25) is 5.95 Å². The molecule has 5 N–H and O–H groups in total.